The van der Waals surface area contributed by atoms with Crippen LogP contribution in [0.15, 0.2) is 34.9 Å². The summed E-state index contributed by atoms with van der Waals surface area (Å²) in [5.74, 6) is 1.27. The fraction of sp³-hybridized carbons (Fsp3) is 0.778. The molecule has 0 unspecified atom stereocenters. The van der Waals surface area contributed by atoms with E-state index in [4.69, 9.17) is 4.43 Å². The molecule has 0 heterocycles. The van der Waals surface area contributed by atoms with Crippen LogP contribution in [0.5, 0.6) is 0 Å². The maximum Gasteiger partial charge on any atom is 0.192 e. The van der Waals surface area contributed by atoms with Crippen LogP contribution < -0.4 is 0 Å². The van der Waals surface area contributed by atoms with Gasteiger partial charge in [0.2, 0.25) is 0 Å². The average Bonchev–Trinajstić information content (AvgIpc) is 3.02. The van der Waals surface area contributed by atoms with Gasteiger partial charge in [-0.3, -0.25) is 0 Å². The van der Waals surface area contributed by atoms with Crippen LogP contribution in [-0.2, 0) is 4.43 Å². The third-order valence-electron chi connectivity index (χ3n) is 9.90. The summed E-state index contributed by atoms with van der Waals surface area (Å²) in [7, 11) is -1.85. The molecule has 4 rings (SSSR count). The van der Waals surface area contributed by atoms with Crippen molar-refractivity contribution >= 4 is 8.32 Å². The van der Waals surface area contributed by atoms with Crippen LogP contribution in [0.1, 0.15) is 79.6 Å². The number of allylic oxidation sites excluding steroid dienone is 5. The molecule has 0 aliphatic heterocycles. The number of rotatable bonds is 4. The highest BCUT2D eigenvalue weighted by Gasteiger charge is 2.54. The standard InChI is InChI=1S/C27H44O2Si/c1-25(2,3)30(6,7)29-18-24(28)23-14-13-21-20-12-11-19-10-8-9-16-26(19,4)22(20)15-17-27(21,23)5/h11-12,14,21-22,24,28H,8-10,13,15-18H2,1-7H3/t21-,22-,24+,26-,27-/m0/s1. The fourth-order valence-electron chi connectivity index (χ4n) is 6.77. The first-order valence-electron chi connectivity index (χ1n) is 12.3. The van der Waals surface area contributed by atoms with Gasteiger partial charge in [-0.15, -0.1) is 0 Å². The van der Waals surface area contributed by atoms with E-state index in [2.05, 4.69) is 65.9 Å². The highest BCUT2D eigenvalue weighted by Crippen LogP contribution is 2.63. The molecule has 168 valence electrons. The SMILES string of the molecule is CC(C)(C)[Si](C)(C)OC[C@@H](O)C1=CC[C@H]2C3=CC=C4CCCC[C@]4(C)[C@H]3CC[C@]12C. The molecule has 0 aromatic heterocycles. The number of aliphatic hydroxyl groups excluding tert-OH is 1. The van der Waals surface area contributed by atoms with Crippen molar-refractivity contribution in [3.8, 4) is 0 Å². The van der Waals surface area contributed by atoms with Crippen molar-refractivity contribution in [3.05, 3.63) is 34.9 Å². The molecule has 1 N–H and O–H groups in total. The van der Waals surface area contributed by atoms with Crippen LogP contribution in [0, 0.1) is 22.7 Å². The Kier molecular flexibility index (Phi) is 5.60. The van der Waals surface area contributed by atoms with Crippen molar-refractivity contribution in [2.24, 2.45) is 22.7 Å². The molecule has 2 saturated carbocycles. The highest BCUT2D eigenvalue weighted by molar-refractivity contribution is 6.74. The molecule has 2 fully saturated rings. The van der Waals surface area contributed by atoms with E-state index in [0.29, 0.717) is 23.9 Å². The normalized spacial score (nSPS) is 37.4. The number of hydrogen-bond donors (Lipinski definition) is 1. The van der Waals surface area contributed by atoms with Crippen LogP contribution in [0.3, 0.4) is 0 Å². The minimum Gasteiger partial charge on any atom is -0.414 e. The monoisotopic (exact) mass is 428 g/mol. The van der Waals surface area contributed by atoms with Crippen molar-refractivity contribution in [1.82, 2.24) is 0 Å². The zero-order valence-corrected chi connectivity index (χ0v) is 21.5. The molecule has 3 heteroatoms. The molecular formula is C27H44O2Si. The van der Waals surface area contributed by atoms with Gasteiger partial charge in [-0.25, -0.2) is 0 Å². The lowest BCUT2D eigenvalue weighted by Crippen LogP contribution is -2.46. The van der Waals surface area contributed by atoms with Gasteiger partial charge in [0.1, 0.15) is 0 Å². The minimum absolute atomic E-state index is 0.0922. The molecule has 0 radical (unpaired) electrons. The van der Waals surface area contributed by atoms with E-state index in [1.54, 1.807) is 11.1 Å². The van der Waals surface area contributed by atoms with Crippen LogP contribution in [0.2, 0.25) is 18.1 Å². The molecule has 4 aliphatic carbocycles. The smallest absolute Gasteiger partial charge is 0.192 e. The Labute approximate surface area is 186 Å². The summed E-state index contributed by atoms with van der Waals surface area (Å²) in [5, 5.41) is 11.4. The number of fused-ring (bicyclic) bond motifs is 5. The van der Waals surface area contributed by atoms with Gasteiger partial charge in [0.25, 0.3) is 0 Å². The van der Waals surface area contributed by atoms with Gasteiger partial charge in [0.15, 0.2) is 8.32 Å². The summed E-state index contributed by atoms with van der Waals surface area (Å²) in [6.45, 7) is 16.8. The summed E-state index contributed by atoms with van der Waals surface area (Å²) in [6, 6.07) is 0. The molecule has 2 nitrogen and oxygen atoms in total. The first-order valence-corrected chi connectivity index (χ1v) is 15.2. The van der Waals surface area contributed by atoms with Crippen molar-refractivity contribution in [3.63, 3.8) is 0 Å². The molecule has 5 atom stereocenters. The minimum atomic E-state index is -1.85. The quantitative estimate of drug-likeness (QED) is 0.379. The van der Waals surface area contributed by atoms with Gasteiger partial charge < -0.3 is 9.53 Å². The summed E-state index contributed by atoms with van der Waals surface area (Å²) in [5.41, 5.74) is 5.13. The maximum absolute atomic E-state index is 11.2. The van der Waals surface area contributed by atoms with E-state index >= 15 is 0 Å². The zero-order chi connectivity index (χ0) is 21.9. The summed E-state index contributed by atoms with van der Waals surface area (Å²) in [4.78, 5) is 0. The topological polar surface area (TPSA) is 29.5 Å². The number of hydrogen-bond acceptors (Lipinski definition) is 2. The van der Waals surface area contributed by atoms with E-state index in [1.807, 2.05) is 0 Å². The molecular weight excluding hydrogens is 384 g/mol. The van der Waals surface area contributed by atoms with Gasteiger partial charge in [-0.1, -0.05) is 70.4 Å². The van der Waals surface area contributed by atoms with Crippen LogP contribution in [-0.4, -0.2) is 26.1 Å². The first-order chi connectivity index (χ1) is 13.9. The second-order valence-electron chi connectivity index (χ2n) is 12.5. The average molecular weight is 429 g/mol. The Morgan fingerprint density at radius 2 is 1.83 bits per heavy atom. The Balaban J connectivity index is 1.52. The Morgan fingerprint density at radius 3 is 2.53 bits per heavy atom. The predicted octanol–water partition coefficient (Wildman–Crippen LogP) is 7.18. The predicted molar refractivity (Wildman–Crippen MR) is 129 cm³/mol. The largest absolute Gasteiger partial charge is 0.414 e. The Hall–Kier alpha value is -0.643. The van der Waals surface area contributed by atoms with Crippen LogP contribution >= 0.6 is 0 Å². The van der Waals surface area contributed by atoms with Gasteiger partial charge in [0, 0.05) is 0 Å². The van der Waals surface area contributed by atoms with Gasteiger partial charge >= 0.3 is 0 Å². The molecule has 0 saturated heterocycles. The molecule has 0 spiro atoms. The van der Waals surface area contributed by atoms with Crippen molar-refractivity contribution in [1.29, 1.82) is 0 Å². The lowest BCUT2D eigenvalue weighted by atomic mass is 9.50. The molecule has 0 aromatic carbocycles. The highest BCUT2D eigenvalue weighted by atomic mass is 28.4. The second-order valence-corrected chi connectivity index (χ2v) is 17.3. The third-order valence-corrected chi connectivity index (χ3v) is 14.4. The lowest BCUT2D eigenvalue weighted by molar-refractivity contribution is 0.0721. The van der Waals surface area contributed by atoms with E-state index in [0.717, 1.165) is 6.42 Å². The van der Waals surface area contributed by atoms with E-state index in [1.165, 1.54) is 44.1 Å². The Bertz CT molecular complexity index is 783. The van der Waals surface area contributed by atoms with E-state index in [-0.39, 0.29) is 10.5 Å². The van der Waals surface area contributed by atoms with Crippen molar-refractivity contribution in [2.45, 2.75) is 104 Å². The van der Waals surface area contributed by atoms with Gasteiger partial charge in [-0.2, -0.15) is 0 Å². The molecule has 0 bridgehead atoms. The first kappa shape index (κ1) is 22.5. The maximum atomic E-state index is 11.2. The summed E-state index contributed by atoms with van der Waals surface area (Å²) < 4.78 is 6.41. The van der Waals surface area contributed by atoms with Crippen molar-refractivity contribution in [2.75, 3.05) is 6.61 Å². The second kappa shape index (κ2) is 7.45. The van der Waals surface area contributed by atoms with Gasteiger partial charge in [-0.05, 0) is 84.9 Å². The lowest BCUT2D eigenvalue weighted by Gasteiger charge is -2.54. The zero-order valence-electron chi connectivity index (χ0n) is 20.5. The van der Waals surface area contributed by atoms with Crippen molar-refractivity contribution < 1.29 is 9.53 Å². The summed E-state index contributed by atoms with van der Waals surface area (Å²) in [6.07, 6.45) is 15.8. The van der Waals surface area contributed by atoms with E-state index in [9.17, 15) is 5.11 Å². The van der Waals surface area contributed by atoms with E-state index < -0.39 is 14.4 Å². The molecule has 0 aromatic rings. The third kappa shape index (κ3) is 3.44. The molecule has 0 amide bonds. The molecule has 4 aliphatic rings. The van der Waals surface area contributed by atoms with Gasteiger partial charge in [0.05, 0.1) is 12.7 Å². The van der Waals surface area contributed by atoms with Crippen LogP contribution in [0.4, 0.5) is 0 Å². The molecule has 30 heavy (non-hydrogen) atoms. The Morgan fingerprint density at radius 1 is 1.10 bits per heavy atom. The summed E-state index contributed by atoms with van der Waals surface area (Å²) >= 11 is 0. The fourth-order valence-corrected chi connectivity index (χ4v) is 7.77. The van der Waals surface area contributed by atoms with Crippen LogP contribution in [0.25, 0.3) is 0 Å². The number of aliphatic hydroxyl groups is 1.